The third-order valence-electron chi connectivity index (χ3n) is 6.70. The summed E-state index contributed by atoms with van der Waals surface area (Å²) in [7, 11) is 3.69. The van der Waals surface area contributed by atoms with E-state index in [-0.39, 0.29) is 18.9 Å². The highest BCUT2D eigenvalue weighted by Crippen LogP contribution is 2.44. The van der Waals surface area contributed by atoms with Crippen molar-refractivity contribution < 1.29 is 24.2 Å². The van der Waals surface area contributed by atoms with E-state index in [2.05, 4.69) is 22.8 Å². The van der Waals surface area contributed by atoms with Gasteiger partial charge in [-0.15, -0.1) is 0 Å². The molecular weight excluding hydrogens is 446 g/mol. The van der Waals surface area contributed by atoms with Gasteiger partial charge in [0.15, 0.2) is 0 Å². The molecule has 2 atom stereocenters. The summed E-state index contributed by atoms with van der Waals surface area (Å²) in [4.78, 5) is 39.2. The molecule has 0 heterocycles. The smallest absolute Gasteiger partial charge is 0.407 e. The molecule has 8 nitrogen and oxygen atoms in total. The van der Waals surface area contributed by atoms with Gasteiger partial charge in [0.05, 0.1) is 0 Å². The van der Waals surface area contributed by atoms with E-state index in [1.807, 2.05) is 55.4 Å². The molecule has 2 aliphatic rings. The van der Waals surface area contributed by atoms with Gasteiger partial charge in [0.1, 0.15) is 18.7 Å². The standard InChI is InChI=1S/C27H33N3O5/c1-30(2)14-13-23(26(32)33)28-25(31)24(15-17-11-12-17)29-27(34)35-16-22-20-9-5-3-7-18(20)19-8-4-6-10-21(19)22/h3-10,17,22-24H,11-16H2,1-2H3,(H,28,31)(H,29,34)(H,32,33). The second kappa shape index (κ2) is 10.9. The van der Waals surface area contributed by atoms with Crippen molar-refractivity contribution in [1.29, 1.82) is 0 Å². The van der Waals surface area contributed by atoms with Gasteiger partial charge in [-0.25, -0.2) is 9.59 Å². The number of nitrogens with one attached hydrogen (secondary N) is 2. The van der Waals surface area contributed by atoms with Gasteiger partial charge in [-0.05, 0) is 55.1 Å². The first-order chi connectivity index (χ1) is 16.8. The number of amides is 2. The molecule has 2 aromatic carbocycles. The SMILES string of the molecule is CN(C)CCC(NC(=O)C(CC1CC1)NC(=O)OCC1c2ccccc2-c2ccccc21)C(=O)O. The Kier molecular flexibility index (Phi) is 7.70. The average molecular weight is 480 g/mol. The molecule has 2 aliphatic carbocycles. The maximum Gasteiger partial charge on any atom is 0.407 e. The summed E-state index contributed by atoms with van der Waals surface area (Å²) in [6.07, 6.45) is 2.07. The highest BCUT2D eigenvalue weighted by Gasteiger charge is 2.34. The molecule has 0 aromatic heterocycles. The number of aliphatic carboxylic acids is 1. The fourth-order valence-corrected chi connectivity index (χ4v) is 4.62. The zero-order valence-corrected chi connectivity index (χ0v) is 20.2. The predicted molar refractivity (Wildman–Crippen MR) is 132 cm³/mol. The Morgan fingerprint density at radius 3 is 2.11 bits per heavy atom. The maximum absolute atomic E-state index is 12.9. The van der Waals surface area contributed by atoms with Crippen molar-refractivity contribution in [3.05, 3.63) is 59.7 Å². The number of fused-ring (bicyclic) bond motifs is 3. The Hall–Kier alpha value is -3.39. The first kappa shape index (κ1) is 24.7. The topological polar surface area (TPSA) is 108 Å². The molecular formula is C27H33N3O5. The summed E-state index contributed by atoms with van der Waals surface area (Å²) in [5, 5.41) is 14.8. The van der Waals surface area contributed by atoms with Crippen molar-refractivity contribution in [2.24, 2.45) is 5.92 Å². The first-order valence-electron chi connectivity index (χ1n) is 12.1. The largest absolute Gasteiger partial charge is 0.480 e. The minimum absolute atomic E-state index is 0.0775. The molecule has 35 heavy (non-hydrogen) atoms. The number of carbonyl (C=O) groups excluding carboxylic acids is 2. The van der Waals surface area contributed by atoms with Crippen LogP contribution < -0.4 is 10.6 Å². The third kappa shape index (κ3) is 6.19. The lowest BCUT2D eigenvalue weighted by Crippen LogP contribution is -2.52. The monoisotopic (exact) mass is 479 g/mol. The van der Waals surface area contributed by atoms with Gasteiger partial charge in [0, 0.05) is 12.5 Å². The molecule has 3 N–H and O–H groups in total. The van der Waals surface area contributed by atoms with E-state index in [0.29, 0.717) is 18.9 Å². The van der Waals surface area contributed by atoms with Crippen LogP contribution in [0, 0.1) is 5.92 Å². The van der Waals surface area contributed by atoms with Crippen LogP contribution in [0.15, 0.2) is 48.5 Å². The van der Waals surface area contributed by atoms with Gasteiger partial charge in [0.2, 0.25) is 5.91 Å². The summed E-state index contributed by atoms with van der Waals surface area (Å²) in [6.45, 7) is 0.669. The van der Waals surface area contributed by atoms with Crippen LogP contribution >= 0.6 is 0 Å². The molecule has 0 saturated heterocycles. The lowest BCUT2D eigenvalue weighted by molar-refractivity contribution is -0.142. The van der Waals surface area contributed by atoms with Crippen LogP contribution in [0.1, 0.15) is 42.7 Å². The van der Waals surface area contributed by atoms with E-state index in [4.69, 9.17) is 4.74 Å². The number of carbonyl (C=O) groups is 3. The summed E-state index contributed by atoms with van der Waals surface area (Å²) >= 11 is 0. The van der Waals surface area contributed by atoms with E-state index in [1.54, 1.807) is 0 Å². The van der Waals surface area contributed by atoms with E-state index in [9.17, 15) is 19.5 Å². The molecule has 1 fully saturated rings. The zero-order chi connectivity index (χ0) is 24.9. The van der Waals surface area contributed by atoms with Crippen LogP contribution in [-0.4, -0.2) is 67.3 Å². The molecule has 2 unspecified atom stereocenters. The Morgan fingerprint density at radius 2 is 1.57 bits per heavy atom. The molecule has 1 saturated carbocycles. The highest BCUT2D eigenvalue weighted by molar-refractivity contribution is 5.89. The molecule has 4 rings (SSSR count). The zero-order valence-electron chi connectivity index (χ0n) is 20.2. The van der Waals surface area contributed by atoms with E-state index >= 15 is 0 Å². The molecule has 2 aromatic rings. The van der Waals surface area contributed by atoms with Crippen molar-refractivity contribution in [2.75, 3.05) is 27.2 Å². The quantitative estimate of drug-likeness (QED) is 0.457. The second-order valence-electron chi connectivity index (χ2n) is 9.69. The molecule has 8 heteroatoms. The summed E-state index contributed by atoms with van der Waals surface area (Å²) < 4.78 is 5.60. The Bertz CT molecular complexity index is 1040. The number of nitrogens with zero attached hydrogens (tertiary/aromatic N) is 1. The minimum Gasteiger partial charge on any atom is -0.480 e. The van der Waals surface area contributed by atoms with Crippen molar-refractivity contribution in [3.63, 3.8) is 0 Å². The van der Waals surface area contributed by atoms with Crippen molar-refractivity contribution in [3.8, 4) is 11.1 Å². The number of alkyl carbamates (subject to hydrolysis) is 1. The van der Waals surface area contributed by atoms with Gasteiger partial charge in [-0.1, -0.05) is 61.4 Å². The summed E-state index contributed by atoms with van der Waals surface area (Å²) in [6, 6.07) is 14.3. The van der Waals surface area contributed by atoms with Gasteiger partial charge >= 0.3 is 12.1 Å². The molecule has 0 spiro atoms. The Labute approximate surface area is 205 Å². The van der Waals surface area contributed by atoms with Crippen LogP contribution in [0.3, 0.4) is 0 Å². The molecule has 0 bridgehead atoms. The van der Waals surface area contributed by atoms with Gasteiger partial charge in [-0.2, -0.15) is 0 Å². The number of ether oxygens (including phenoxy) is 1. The second-order valence-corrected chi connectivity index (χ2v) is 9.69. The van der Waals surface area contributed by atoms with Crippen LogP contribution in [0.5, 0.6) is 0 Å². The van der Waals surface area contributed by atoms with Crippen LogP contribution in [0.25, 0.3) is 11.1 Å². The third-order valence-corrected chi connectivity index (χ3v) is 6.70. The van der Waals surface area contributed by atoms with E-state index in [0.717, 1.165) is 35.1 Å². The summed E-state index contributed by atoms with van der Waals surface area (Å²) in [5.41, 5.74) is 4.50. The fourth-order valence-electron chi connectivity index (χ4n) is 4.62. The van der Waals surface area contributed by atoms with Crippen molar-refractivity contribution in [2.45, 2.75) is 43.7 Å². The number of benzene rings is 2. The molecule has 0 aliphatic heterocycles. The number of rotatable bonds is 11. The van der Waals surface area contributed by atoms with Crippen LogP contribution in [-0.2, 0) is 14.3 Å². The summed E-state index contributed by atoms with van der Waals surface area (Å²) in [5.74, 6) is -1.31. The Morgan fingerprint density at radius 1 is 0.971 bits per heavy atom. The van der Waals surface area contributed by atoms with Crippen molar-refractivity contribution >= 4 is 18.0 Å². The van der Waals surface area contributed by atoms with Gasteiger partial charge < -0.3 is 25.4 Å². The normalized spacial score (nSPS) is 16.2. The maximum atomic E-state index is 12.9. The molecule has 2 amide bonds. The number of hydrogen-bond donors (Lipinski definition) is 3. The fraction of sp³-hybridized carbons (Fsp3) is 0.444. The number of carboxylic acid groups (broad SMARTS) is 1. The minimum atomic E-state index is -1.09. The highest BCUT2D eigenvalue weighted by atomic mass is 16.5. The first-order valence-corrected chi connectivity index (χ1v) is 12.1. The Balaban J connectivity index is 1.38. The van der Waals surface area contributed by atoms with Gasteiger partial charge in [0.25, 0.3) is 0 Å². The van der Waals surface area contributed by atoms with Crippen LogP contribution in [0.4, 0.5) is 4.79 Å². The molecule has 186 valence electrons. The van der Waals surface area contributed by atoms with Crippen LogP contribution in [0.2, 0.25) is 0 Å². The number of hydrogen-bond acceptors (Lipinski definition) is 5. The van der Waals surface area contributed by atoms with E-state index < -0.39 is 30.1 Å². The van der Waals surface area contributed by atoms with Crippen molar-refractivity contribution in [1.82, 2.24) is 15.5 Å². The van der Waals surface area contributed by atoms with Gasteiger partial charge in [-0.3, -0.25) is 4.79 Å². The number of carboxylic acids is 1. The average Bonchev–Trinajstić information content (AvgIpc) is 3.60. The van der Waals surface area contributed by atoms with E-state index in [1.165, 1.54) is 0 Å². The predicted octanol–water partition coefficient (Wildman–Crippen LogP) is 3.21. The lowest BCUT2D eigenvalue weighted by Gasteiger charge is -2.22. The molecule has 0 radical (unpaired) electrons. The lowest BCUT2D eigenvalue weighted by atomic mass is 9.98.